The average Bonchev–Trinajstić information content (AvgIpc) is 0.909. The van der Waals surface area contributed by atoms with E-state index in [9.17, 15) is 43.2 Å². The first-order chi connectivity index (χ1) is 49.7. The van der Waals surface area contributed by atoms with Crippen LogP contribution in [0.25, 0.3) is 0 Å². The molecule has 0 amide bonds. The second-order valence-electron chi connectivity index (χ2n) is 24.8. The highest BCUT2D eigenvalue weighted by Gasteiger charge is 2.30. The van der Waals surface area contributed by atoms with Gasteiger partial charge in [-0.1, -0.05) is 262 Å². The number of rotatable bonds is 70. The number of carbonyl (C=O) groups excluding carboxylic acids is 4. The van der Waals surface area contributed by atoms with Crippen LogP contribution in [0, 0.1) is 0 Å². The van der Waals surface area contributed by atoms with Gasteiger partial charge in [0, 0.05) is 19.3 Å². The molecule has 0 aliphatic carbocycles. The number of esters is 4. The van der Waals surface area contributed by atoms with E-state index in [0.717, 1.165) is 161 Å². The van der Waals surface area contributed by atoms with E-state index in [1.165, 1.54) is 25.7 Å². The molecular weight excluding hydrogens is 1330 g/mol. The molecule has 19 heteroatoms. The normalized spacial score (nSPS) is 14.9. The van der Waals surface area contributed by atoms with Gasteiger partial charge in [0.1, 0.15) is 19.3 Å². The molecule has 5 atom stereocenters. The smallest absolute Gasteiger partial charge is 0.462 e. The molecule has 0 radical (unpaired) electrons. The molecule has 0 spiro atoms. The maximum atomic E-state index is 13.1. The Morgan fingerprint density at radius 2 is 0.549 bits per heavy atom. The first-order valence-electron chi connectivity index (χ1n) is 38.4. The molecule has 0 heterocycles. The molecule has 0 aromatic carbocycles. The third-order valence-corrected chi connectivity index (χ3v) is 17.1. The van der Waals surface area contributed by atoms with Gasteiger partial charge in [-0.05, 0) is 154 Å². The molecule has 0 fully saturated rings. The molecule has 0 bridgehead atoms. The molecular formula is C83H134O17P2. The predicted molar refractivity (Wildman–Crippen MR) is 417 cm³/mol. The van der Waals surface area contributed by atoms with Crippen molar-refractivity contribution in [3.8, 4) is 0 Å². The molecule has 17 nitrogen and oxygen atoms in total. The van der Waals surface area contributed by atoms with Crippen molar-refractivity contribution in [2.24, 2.45) is 0 Å². The number of phosphoric ester groups is 2. The summed E-state index contributed by atoms with van der Waals surface area (Å²) in [4.78, 5) is 72.8. The summed E-state index contributed by atoms with van der Waals surface area (Å²) < 4.78 is 68.3. The molecule has 5 unspecified atom stereocenters. The highest BCUT2D eigenvalue weighted by atomic mass is 31.2. The van der Waals surface area contributed by atoms with Crippen LogP contribution in [0.5, 0.6) is 0 Å². The standard InChI is InChI=1S/C83H134O17P2/c1-5-9-13-17-21-25-29-33-36-37-38-39-42-45-48-52-56-60-64-68-81(86)94-74-79(100-83(88)70-66-62-58-54-50-46-41-35-31-27-23-19-15-11-7-3)76-98-102(91,92)96-72-77(84)71-95-101(89,90)97-75-78(99-82(87)69-65-61-57-53-49-43-32-28-24-20-16-12-8-4)73-93-80(85)67-63-59-55-51-47-44-40-34-30-26-22-18-14-10-6-2/h9-11,13-15,21-23,25-28,32-36,38-41,47,50-51,54,59,63,77-79,84H,5-8,12,16-20,24,29-31,37,42-46,48-49,52-53,55-58,60-62,64-76H2,1-4H3,(H,89,90)(H,91,92)/b13-9-,14-10-,15-11-,25-21-,26-22-,27-23-,32-28-,36-33-,39-38-,40-34-,41-35-,51-47-,54-50-,63-59-. The summed E-state index contributed by atoms with van der Waals surface area (Å²) in [7, 11) is -10.0. The number of unbranched alkanes of at least 4 members (excludes halogenated alkanes) is 17. The first kappa shape index (κ1) is 96.4. The van der Waals surface area contributed by atoms with Crippen molar-refractivity contribution >= 4 is 39.5 Å². The van der Waals surface area contributed by atoms with Gasteiger partial charge < -0.3 is 33.8 Å². The van der Waals surface area contributed by atoms with Crippen LogP contribution in [-0.2, 0) is 65.4 Å². The number of hydrogen-bond donors (Lipinski definition) is 3. The number of aliphatic hydroxyl groups is 1. The Bertz CT molecular complexity index is 2600. The fourth-order valence-corrected chi connectivity index (χ4v) is 11.0. The van der Waals surface area contributed by atoms with Gasteiger partial charge in [-0.2, -0.15) is 0 Å². The SMILES string of the molecule is CC/C=C\C/C=C\C/C=C\C/C=C\C/C=C\CC(=O)OCC(COP(=O)(O)OCC(O)COP(=O)(O)OCC(COC(=O)CCCCCCCC/C=C\C/C=C\C/C=C\C/C=C\CC)OC(=O)CCCC/C=C\C/C=C\C/C=C\C/C=C\CC)OC(=O)CCCCCCC/C=C\CCCCCC. The Labute approximate surface area is 616 Å². The fourth-order valence-electron chi connectivity index (χ4n) is 9.44. The van der Waals surface area contributed by atoms with E-state index in [0.29, 0.717) is 32.1 Å². The van der Waals surface area contributed by atoms with Gasteiger partial charge in [-0.25, -0.2) is 9.13 Å². The van der Waals surface area contributed by atoms with Crippen LogP contribution in [0.15, 0.2) is 170 Å². The quantitative estimate of drug-likeness (QED) is 0.0169. The van der Waals surface area contributed by atoms with Crippen LogP contribution in [0.4, 0.5) is 0 Å². The van der Waals surface area contributed by atoms with Gasteiger partial charge in [0.25, 0.3) is 0 Å². The highest BCUT2D eigenvalue weighted by Crippen LogP contribution is 2.45. The number of phosphoric acid groups is 2. The molecule has 3 N–H and O–H groups in total. The summed E-state index contributed by atoms with van der Waals surface area (Å²) in [5.41, 5.74) is 0. The zero-order valence-corrected chi connectivity index (χ0v) is 64.8. The maximum Gasteiger partial charge on any atom is 0.472 e. The summed E-state index contributed by atoms with van der Waals surface area (Å²) in [6, 6.07) is 0. The number of allylic oxidation sites excluding steroid dienone is 27. The third kappa shape index (κ3) is 72.8. The summed E-state index contributed by atoms with van der Waals surface area (Å²) in [5.74, 6) is -2.41. The molecule has 0 aliphatic rings. The predicted octanol–water partition coefficient (Wildman–Crippen LogP) is 22.2. The maximum absolute atomic E-state index is 13.1. The lowest BCUT2D eigenvalue weighted by Crippen LogP contribution is -2.30. The Balaban J connectivity index is 5.47. The average molecular weight is 1470 g/mol. The van der Waals surface area contributed by atoms with Crippen molar-refractivity contribution in [2.45, 2.75) is 290 Å². The van der Waals surface area contributed by atoms with E-state index < -0.39 is 97.5 Å². The fraction of sp³-hybridized carbons (Fsp3) is 0.614. The van der Waals surface area contributed by atoms with Gasteiger partial charge in [-0.3, -0.25) is 37.3 Å². The minimum absolute atomic E-state index is 0.0309. The summed E-state index contributed by atoms with van der Waals surface area (Å²) >= 11 is 0. The number of ether oxygens (including phenoxy) is 4. The minimum atomic E-state index is -5.01. The summed E-state index contributed by atoms with van der Waals surface area (Å²) in [5, 5.41) is 10.6. The van der Waals surface area contributed by atoms with Crippen molar-refractivity contribution in [1.82, 2.24) is 0 Å². The molecule has 578 valence electrons. The Hall–Kier alpha value is -5.58. The molecule has 0 rings (SSSR count). The van der Waals surface area contributed by atoms with E-state index in [4.69, 9.17) is 37.0 Å². The van der Waals surface area contributed by atoms with Crippen molar-refractivity contribution in [3.63, 3.8) is 0 Å². The van der Waals surface area contributed by atoms with Crippen molar-refractivity contribution < 1.29 is 80.2 Å². The summed E-state index contributed by atoms with van der Waals surface area (Å²) in [6.07, 6.45) is 86.6. The molecule has 0 saturated heterocycles. The van der Waals surface area contributed by atoms with Crippen LogP contribution in [0.3, 0.4) is 0 Å². The van der Waals surface area contributed by atoms with Gasteiger partial charge in [0.2, 0.25) is 0 Å². The van der Waals surface area contributed by atoms with Crippen LogP contribution < -0.4 is 0 Å². The van der Waals surface area contributed by atoms with E-state index in [1.807, 2.05) is 18.2 Å². The molecule has 0 aromatic rings. The topological polar surface area (TPSA) is 237 Å². The summed E-state index contributed by atoms with van der Waals surface area (Å²) in [6.45, 7) is 4.30. The van der Waals surface area contributed by atoms with Crippen LogP contribution in [-0.4, -0.2) is 96.7 Å². The number of carbonyl (C=O) groups is 4. The highest BCUT2D eigenvalue weighted by molar-refractivity contribution is 7.47. The second-order valence-corrected chi connectivity index (χ2v) is 27.7. The molecule has 0 aromatic heterocycles. The van der Waals surface area contributed by atoms with E-state index in [2.05, 4.69) is 174 Å². The second kappa shape index (κ2) is 73.7. The van der Waals surface area contributed by atoms with Gasteiger partial charge in [0.05, 0.1) is 32.8 Å². The first-order valence-corrected chi connectivity index (χ1v) is 41.4. The third-order valence-electron chi connectivity index (χ3n) is 15.2. The van der Waals surface area contributed by atoms with E-state index >= 15 is 0 Å². The van der Waals surface area contributed by atoms with Crippen molar-refractivity contribution in [2.75, 3.05) is 39.6 Å². The van der Waals surface area contributed by atoms with Crippen molar-refractivity contribution in [1.29, 1.82) is 0 Å². The zero-order valence-electron chi connectivity index (χ0n) is 63.0. The van der Waals surface area contributed by atoms with Crippen molar-refractivity contribution in [3.05, 3.63) is 170 Å². The Morgan fingerprint density at radius 1 is 0.294 bits per heavy atom. The lowest BCUT2D eigenvalue weighted by molar-refractivity contribution is -0.161. The van der Waals surface area contributed by atoms with Crippen LogP contribution in [0.2, 0.25) is 0 Å². The number of aliphatic hydroxyl groups excluding tert-OH is 1. The van der Waals surface area contributed by atoms with E-state index in [-0.39, 0.29) is 25.7 Å². The molecule has 0 saturated carbocycles. The van der Waals surface area contributed by atoms with Gasteiger partial charge in [0.15, 0.2) is 12.2 Å². The molecule has 0 aliphatic heterocycles. The minimum Gasteiger partial charge on any atom is -0.462 e. The van der Waals surface area contributed by atoms with Gasteiger partial charge in [-0.15, -0.1) is 0 Å². The molecule has 102 heavy (non-hydrogen) atoms. The van der Waals surface area contributed by atoms with Crippen LogP contribution in [0.1, 0.15) is 272 Å². The number of hydrogen-bond acceptors (Lipinski definition) is 15. The van der Waals surface area contributed by atoms with Gasteiger partial charge >= 0.3 is 39.5 Å². The van der Waals surface area contributed by atoms with Crippen LogP contribution >= 0.6 is 15.6 Å². The monoisotopic (exact) mass is 1460 g/mol. The Kier molecular flexibility index (Phi) is 69.7. The Morgan fingerprint density at radius 3 is 0.902 bits per heavy atom. The largest absolute Gasteiger partial charge is 0.472 e. The lowest BCUT2D eigenvalue weighted by Gasteiger charge is -2.21. The zero-order chi connectivity index (χ0) is 74.6. The lowest BCUT2D eigenvalue weighted by atomic mass is 10.1. The van der Waals surface area contributed by atoms with E-state index in [1.54, 1.807) is 6.08 Å².